The Bertz CT molecular complexity index is 368. The average Bonchev–Trinajstić information content (AvgIpc) is 2.25. The highest BCUT2D eigenvalue weighted by atomic mass is 35.5. The molecule has 1 rings (SSSR count). The van der Waals surface area contributed by atoms with E-state index in [1.807, 2.05) is 0 Å². The van der Waals surface area contributed by atoms with Crippen molar-refractivity contribution >= 4 is 40.7 Å². The molecule has 0 aliphatic heterocycles. The van der Waals surface area contributed by atoms with E-state index in [0.717, 1.165) is 5.56 Å². The first-order chi connectivity index (χ1) is 7.63. The third-order valence-electron chi connectivity index (χ3n) is 2.03. The quantitative estimate of drug-likeness (QED) is 0.820. The van der Waals surface area contributed by atoms with Crippen LogP contribution < -0.4 is 5.32 Å². The minimum atomic E-state index is -0.0216. The summed E-state index contributed by atoms with van der Waals surface area (Å²) in [6, 6.07) is 5.20. The van der Waals surface area contributed by atoms with Gasteiger partial charge in [-0.2, -0.15) is 0 Å². The summed E-state index contributed by atoms with van der Waals surface area (Å²) in [4.78, 5) is 11.3. The monoisotopic (exact) mass is 279 g/mol. The lowest BCUT2D eigenvalue weighted by Crippen LogP contribution is -2.22. The fourth-order valence-corrected chi connectivity index (χ4v) is 1.78. The van der Waals surface area contributed by atoms with Crippen LogP contribution in [0.25, 0.3) is 0 Å². The number of rotatable bonds is 5. The number of amides is 1. The van der Waals surface area contributed by atoms with Gasteiger partial charge < -0.3 is 5.32 Å². The lowest BCUT2D eigenvalue weighted by atomic mass is 10.2. The number of hydrogen-bond donors (Lipinski definition) is 1. The smallest absolute Gasteiger partial charge is 0.220 e. The van der Waals surface area contributed by atoms with Crippen LogP contribution in [0.4, 0.5) is 0 Å². The maximum Gasteiger partial charge on any atom is 0.220 e. The van der Waals surface area contributed by atoms with Gasteiger partial charge in [-0.25, -0.2) is 0 Å². The first kappa shape index (κ1) is 13.6. The van der Waals surface area contributed by atoms with Crippen LogP contribution in [-0.4, -0.2) is 11.8 Å². The SMILES string of the molecule is O=C(CCCCl)NCc1ccc(Cl)cc1Cl. The summed E-state index contributed by atoms with van der Waals surface area (Å²) in [7, 11) is 0. The first-order valence-corrected chi connectivity index (χ1v) is 6.19. The molecule has 2 nitrogen and oxygen atoms in total. The Morgan fingerprint density at radius 3 is 2.69 bits per heavy atom. The van der Waals surface area contributed by atoms with Crippen LogP contribution in [0.15, 0.2) is 18.2 Å². The Kier molecular flexibility index (Phi) is 5.96. The molecule has 5 heteroatoms. The molecule has 0 heterocycles. The molecule has 0 saturated carbocycles. The topological polar surface area (TPSA) is 29.1 Å². The molecule has 0 atom stereocenters. The van der Waals surface area contributed by atoms with Crippen molar-refractivity contribution in [2.45, 2.75) is 19.4 Å². The van der Waals surface area contributed by atoms with Crippen molar-refractivity contribution in [3.63, 3.8) is 0 Å². The summed E-state index contributed by atoms with van der Waals surface area (Å²) < 4.78 is 0. The largest absolute Gasteiger partial charge is 0.352 e. The number of alkyl halides is 1. The number of nitrogens with one attached hydrogen (secondary N) is 1. The molecule has 1 aromatic carbocycles. The summed E-state index contributed by atoms with van der Waals surface area (Å²) >= 11 is 17.2. The Hall–Kier alpha value is -0.440. The van der Waals surface area contributed by atoms with Gasteiger partial charge in [-0.05, 0) is 24.1 Å². The molecule has 0 spiro atoms. The highest BCUT2D eigenvalue weighted by molar-refractivity contribution is 6.35. The van der Waals surface area contributed by atoms with Crippen molar-refractivity contribution in [2.24, 2.45) is 0 Å². The molecule has 0 aliphatic carbocycles. The van der Waals surface area contributed by atoms with Gasteiger partial charge in [0.1, 0.15) is 0 Å². The molecular formula is C11H12Cl3NO. The van der Waals surface area contributed by atoms with Crippen LogP contribution in [0.5, 0.6) is 0 Å². The van der Waals surface area contributed by atoms with Crippen molar-refractivity contribution in [2.75, 3.05) is 5.88 Å². The van der Waals surface area contributed by atoms with Gasteiger partial charge in [-0.1, -0.05) is 29.3 Å². The zero-order chi connectivity index (χ0) is 12.0. The Balaban J connectivity index is 2.45. The number of carbonyl (C=O) groups excluding carboxylic acids is 1. The van der Waals surface area contributed by atoms with E-state index in [9.17, 15) is 4.79 Å². The van der Waals surface area contributed by atoms with Crippen molar-refractivity contribution in [3.05, 3.63) is 33.8 Å². The van der Waals surface area contributed by atoms with Crippen LogP contribution >= 0.6 is 34.8 Å². The summed E-state index contributed by atoms with van der Waals surface area (Å²) in [5.41, 5.74) is 0.852. The van der Waals surface area contributed by atoms with Gasteiger partial charge >= 0.3 is 0 Å². The molecule has 0 aliphatic rings. The average molecular weight is 281 g/mol. The maximum atomic E-state index is 11.3. The second kappa shape index (κ2) is 7.00. The molecule has 0 radical (unpaired) electrons. The Morgan fingerprint density at radius 1 is 1.31 bits per heavy atom. The van der Waals surface area contributed by atoms with Gasteiger partial charge in [-0.3, -0.25) is 4.79 Å². The molecule has 0 fully saturated rings. The van der Waals surface area contributed by atoms with Crippen LogP contribution in [-0.2, 0) is 11.3 Å². The summed E-state index contributed by atoms with van der Waals surface area (Å²) in [6.45, 7) is 0.414. The molecule has 1 N–H and O–H groups in total. The molecule has 1 aromatic rings. The van der Waals surface area contributed by atoms with Crippen LogP contribution in [0, 0.1) is 0 Å². The van der Waals surface area contributed by atoms with E-state index in [1.165, 1.54) is 0 Å². The zero-order valence-electron chi connectivity index (χ0n) is 8.60. The van der Waals surface area contributed by atoms with Crippen molar-refractivity contribution in [3.8, 4) is 0 Å². The van der Waals surface area contributed by atoms with Gasteiger partial charge in [0, 0.05) is 28.9 Å². The van der Waals surface area contributed by atoms with Gasteiger partial charge in [0.25, 0.3) is 0 Å². The molecular weight excluding hydrogens is 268 g/mol. The van der Waals surface area contributed by atoms with Crippen molar-refractivity contribution < 1.29 is 4.79 Å². The lowest BCUT2D eigenvalue weighted by molar-refractivity contribution is -0.121. The molecule has 88 valence electrons. The predicted molar refractivity (Wildman–Crippen MR) is 68.3 cm³/mol. The molecule has 1 amide bonds. The lowest BCUT2D eigenvalue weighted by Gasteiger charge is -2.06. The second-order valence-corrected chi connectivity index (χ2v) is 4.53. The zero-order valence-corrected chi connectivity index (χ0v) is 10.9. The molecule has 16 heavy (non-hydrogen) atoms. The van der Waals surface area contributed by atoms with E-state index in [2.05, 4.69) is 5.32 Å². The fraction of sp³-hybridized carbons (Fsp3) is 0.364. The van der Waals surface area contributed by atoms with Crippen LogP contribution in [0.2, 0.25) is 10.0 Å². The van der Waals surface area contributed by atoms with Crippen molar-refractivity contribution in [1.82, 2.24) is 5.32 Å². The van der Waals surface area contributed by atoms with Crippen molar-refractivity contribution in [1.29, 1.82) is 0 Å². The van der Waals surface area contributed by atoms with E-state index in [0.29, 0.717) is 35.3 Å². The first-order valence-electron chi connectivity index (χ1n) is 4.90. The number of carbonyl (C=O) groups is 1. The summed E-state index contributed by atoms with van der Waals surface area (Å²) in [5.74, 6) is 0.474. The fourth-order valence-electron chi connectivity index (χ4n) is 1.17. The van der Waals surface area contributed by atoms with Gasteiger partial charge in [0.2, 0.25) is 5.91 Å². The summed E-state index contributed by atoms with van der Waals surface area (Å²) in [6.07, 6.45) is 1.12. The van der Waals surface area contributed by atoms with E-state index in [4.69, 9.17) is 34.8 Å². The predicted octanol–water partition coefficient (Wildman–Crippen LogP) is 3.63. The highest BCUT2D eigenvalue weighted by Crippen LogP contribution is 2.20. The Labute approximate surface area is 110 Å². The molecule has 0 unspecified atom stereocenters. The van der Waals surface area contributed by atoms with Crippen LogP contribution in [0.3, 0.4) is 0 Å². The van der Waals surface area contributed by atoms with Gasteiger partial charge in [-0.15, -0.1) is 11.6 Å². The van der Waals surface area contributed by atoms with E-state index >= 15 is 0 Å². The minimum Gasteiger partial charge on any atom is -0.352 e. The molecule has 0 bridgehead atoms. The number of halogens is 3. The minimum absolute atomic E-state index is 0.0216. The molecule has 0 aromatic heterocycles. The number of hydrogen-bond acceptors (Lipinski definition) is 1. The van der Waals surface area contributed by atoms with E-state index in [1.54, 1.807) is 18.2 Å². The Morgan fingerprint density at radius 2 is 2.06 bits per heavy atom. The van der Waals surface area contributed by atoms with Crippen LogP contribution in [0.1, 0.15) is 18.4 Å². The van der Waals surface area contributed by atoms with Gasteiger partial charge in [0.05, 0.1) is 0 Å². The standard InChI is InChI=1S/C11H12Cl3NO/c12-5-1-2-11(16)15-7-8-3-4-9(13)6-10(8)14/h3-4,6H,1-2,5,7H2,(H,15,16). The maximum absolute atomic E-state index is 11.3. The third-order valence-corrected chi connectivity index (χ3v) is 2.88. The number of benzene rings is 1. The molecule has 0 saturated heterocycles. The van der Waals surface area contributed by atoms with Gasteiger partial charge in [0.15, 0.2) is 0 Å². The van der Waals surface area contributed by atoms with E-state index < -0.39 is 0 Å². The normalized spacial score (nSPS) is 10.2. The van der Waals surface area contributed by atoms with E-state index in [-0.39, 0.29) is 5.91 Å². The second-order valence-electron chi connectivity index (χ2n) is 3.30. The highest BCUT2D eigenvalue weighted by Gasteiger charge is 2.04. The summed E-state index contributed by atoms with van der Waals surface area (Å²) in [5, 5.41) is 3.91. The third kappa shape index (κ3) is 4.60.